The third-order valence-corrected chi connectivity index (χ3v) is 6.95. The quantitative estimate of drug-likeness (QED) is 0.495. The monoisotopic (exact) mass is 419 g/mol. The van der Waals surface area contributed by atoms with Crippen LogP contribution in [-0.2, 0) is 17.1 Å². The lowest BCUT2D eigenvalue weighted by Crippen LogP contribution is -2.41. The van der Waals surface area contributed by atoms with E-state index in [-0.39, 0.29) is 4.90 Å². The molecule has 2 aromatic heterocycles. The largest absolute Gasteiger partial charge is 0.335 e. The van der Waals surface area contributed by atoms with Crippen molar-refractivity contribution >= 4 is 60.0 Å². The lowest BCUT2D eigenvalue weighted by molar-refractivity contribution is 0.0949. The topological polar surface area (TPSA) is 80.2 Å². The Hall–Kier alpha value is -2.39. The van der Waals surface area contributed by atoms with Crippen LogP contribution in [0.2, 0.25) is 5.02 Å². The van der Waals surface area contributed by atoms with Crippen LogP contribution in [0.5, 0.6) is 0 Å². The fourth-order valence-electron chi connectivity index (χ4n) is 2.89. The van der Waals surface area contributed by atoms with Gasteiger partial charge in [-0.25, -0.2) is 8.42 Å². The Bertz CT molecular complexity index is 1270. The summed E-state index contributed by atoms with van der Waals surface area (Å²) in [5.74, 6) is -0.516. The number of aryl methyl sites for hydroxylation is 1. The fourth-order valence-corrected chi connectivity index (χ4v) is 4.89. The zero-order valence-corrected chi connectivity index (χ0v) is 16.5. The standard InChI is InChI=1S/C18H14ClN3O3S2/c1-22-15-5-3-2-4-13(15)14-10-16(26-18(14)22)17(23)20-21-27(24,25)12-8-6-11(19)7-9-12/h2-10,21H,1H3,(H,20,23). The molecule has 138 valence electrons. The minimum absolute atomic E-state index is 0.00883. The molecule has 0 aliphatic heterocycles. The number of nitrogens with one attached hydrogen (secondary N) is 2. The summed E-state index contributed by atoms with van der Waals surface area (Å²) in [5.41, 5.74) is 3.34. The number of hydrogen-bond donors (Lipinski definition) is 2. The molecule has 0 aliphatic rings. The Morgan fingerprint density at radius 1 is 1.07 bits per heavy atom. The second-order valence-corrected chi connectivity index (χ2v) is 9.07. The third-order valence-electron chi connectivity index (χ3n) is 4.22. The number of sulfonamides is 1. The van der Waals surface area contributed by atoms with Crippen molar-refractivity contribution in [1.29, 1.82) is 0 Å². The Morgan fingerprint density at radius 2 is 1.78 bits per heavy atom. The molecule has 9 heteroatoms. The minimum Gasteiger partial charge on any atom is -0.335 e. The molecule has 0 fully saturated rings. The van der Waals surface area contributed by atoms with Gasteiger partial charge in [-0.05, 0) is 36.4 Å². The normalized spacial score (nSPS) is 11.9. The van der Waals surface area contributed by atoms with Crippen LogP contribution in [0.15, 0.2) is 59.5 Å². The molecule has 4 rings (SSSR count). The first-order valence-corrected chi connectivity index (χ1v) is 10.6. The molecule has 0 radical (unpaired) electrons. The summed E-state index contributed by atoms with van der Waals surface area (Å²) in [6.07, 6.45) is 0. The lowest BCUT2D eigenvalue weighted by atomic mass is 10.2. The van der Waals surface area contributed by atoms with Gasteiger partial charge in [-0.1, -0.05) is 29.8 Å². The van der Waals surface area contributed by atoms with Crippen LogP contribution in [0, 0.1) is 0 Å². The average Bonchev–Trinajstić information content (AvgIpc) is 3.20. The fraction of sp³-hybridized carbons (Fsp3) is 0.0556. The maximum Gasteiger partial charge on any atom is 0.276 e. The summed E-state index contributed by atoms with van der Waals surface area (Å²) in [5, 5.41) is 2.44. The maximum atomic E-state index is 12.4. The van der Waals surface area contributed by atoms with Crippen LogP contribution in [0.1, 0.15) is 9.67 Å². The van der Waals surface area contributed by atoms with Crippen molar-refractivity contribution < 1.29 is 13.2 Å². The number of nitrogens with zero attached hydrogens (tertiary/aromatic N) is 1. The number of thiophene rings is 1. The van der Waals surface area contributed by atoms with Crippen molar-refractivity contribution in [2.24, 2.45) is 7.05 Å². The Kier molecular flexibility index (Phi) is 4.43. The van der Waals surface area contributed by atoms with Crippen LogP contribution in [0.3, 0.4) is 0 Å². The summed E-state index contributed by atoms with van der Waals surface area (Å²) in [4.78, 5) is 15.9. The number of hydrazine groups is 1. The molecule has 0 aliphatic carbocycles. The molecule has 2 heterocycles. The summed E-state index contributed by atoms with van der Waals surface area (Å²) < 4.78 is 26.5. The SMILES string of the molecule is Cn1c2ccccc2c2cc(C(=O)NNS(=O)(=O)c3ccc(Cl)cc3)sc21. The molecule has 1 amide bonds. The van der Waals surface area contributed by atoms with Gasteiger partial charge in [0.15, 0.2) is 0 Å². The Labute approximate surface area is 164 Å². The molecule has 6 nitrogen and oxygen atoms in total. The van der Waals surface area contributed by atoms with Gasteiger partial charge in [0.25, 0.3) is 15.9 Å². The third kappa shape index (κ3) is 3.21. The molecule has 27 heavy (non-hydrogen) atoms. The van der Waals surface area contributed by atoms with E-state index in [0.29, 0.717) is 9.90 Å². The van der Waals surface area contributed by atoms with Gasteiger partial charge in [0.2, 0.25) is 0 Å². The number of fused-ring (bicyclic) bond motifs is 3. The summed E-state index contributed by atoms with van der Waals surface area (Å²) in [7, 11) is -1.94. The molecule has 0 saturated heterocycles. The Balaban J connectivity index is 1.58. The zero-order valence-electron chi connectivity index (χ0n) is 14.1. The van der Waals surface area contributed by atoms with Crippen LogP contribution in [-0.4, -0.2) is 18.9 Å². The van der Waals surface area contributed by atoms with Gasteiger partial charge in [-0.15, -0.1) is 16.2 Å². The number of aromatic nitrogens is 1. The first-order valence-electron chi connectivity index (χ1n) is 7.91. The zero-order chi connectivity index (χ0) is 19.2. The van der Waals surface area contributed by atoms with Crippen molar-refractivity contribution in [2.45, 2.75) is 4.90 Å². The predicted octanol–water partition coefficient (Wildman–Crippen LogP) is 3.67. The van der Waals surface area contributed by atoms with E-state index in [2.05, 4.69) is 10.3 Å². The van der Waals surface area contributed by atoms with E-state index in [9.17, 15) is 13.2 Å². The molecular weight excluding hydrogens is 406 g/mol. The molecule has 0 bridgehead atoms. The van der Waals surface area contributed by atoms with Gasteiger partial charge >= 0.3 is 0 Å². The van der Waals surface area contributed by atoms with E-state index in [1.54, 1.807) is 6.07 Å². The highest BCUT2D eigenvalue weighted by molar-refractivity contribution is 7.89. The van der Waals surface area contributed by atoms with Crippen LogP contribution in [0.4, 0.5) is 0 Å². The molecule has 0 spiro atoms. The predicted molar refractivity (Wildman–Crippen MR) is 108 cm³/mol. The number of hydrogen-bond acceptors (Lipinski definition) is 4. The highest BCUT2D eigenvalue weighted by Crippen LogP contribution is 2.34. The van der Waals surface area contributed by atoms with Crippen molar-refractivity contribution in [3.63, 3.8) is 0 Å². The molecule has 0 unspecified atom stereocenters. The first kappa shape index (κ1) is 18.0. The lowest BCUT2D eigenvalue weighted by Gasteiger charge is -2.07. The van der Waals surface area contributed by atoms with Crippen LogP contribution in [0.25, 0.3) is 21.1 Å². The number of halogens is 1. The van der Waals surface area contributed by atoms with E-state index in [4.69, 9.17) is 11.6 Å². The second-order valence-electron chi connectivity index (χ2n) is 5.92. The second kappa shape index (κ2) is 6.65. The van der Waals surface area contributed by atoms with Gasteiger partial charge < -0.3 is 4.57 Å². The van der Waals surface area contributed by atoms with Gasteiger partial charge in [0.1, 0.15) is 4.83 Å². The van der Waals surface area contributed by atoms with E-state index >= 15 is 0 Å². The molecular formula is C18H14ClN3O3S2. The first-order chi connectivity index (χ1) is 12.9. The molecule has 2 aromatic carbocycles. The molecule has 2 N–H and O–H groups in total. The highest BCUT2D eigenvalue weighted by Gasteiger charge is 2.19. The number of carbonyl (C=O) groups excluding carboxylic acids is 1. The van der Waals surface area contributed by atoms with Gasteiger partial charge in [0, 0.05) is 28.4 Å². The van der Waals surface area contributed by atoms with Crippen molar-refractivity contribution in [2.75, 3.05) is 0 Å². The van der Waals surface area contributed by atoms with Gasteiger partial charge in [-0.3, -0.25) is 10.2 Å². The summed E-state index contributed by atoms with van der Waals surface area (Å²) in [6, 6.07) is 15.4. The van der Waals surface area contributed by atoms with Crippen molar-refractivity contribution in [3.8, 4) is 0 Å². The maximum absolute atomic E-state index is 12.4. The smallest absolute Gasteiger partial charge is 0.276 e. The molecule has 0 atom stereocenters. The number of amides is 1. The molecule has 4 aromatic rings. The minimum atomic E-state index is -3.88. The molecule has 0 saturated carbocycles. The number of rotatable bonds is 4. The summed E-state index contributed by atoms with van der Waals surface area (Å²) >= 11 is 7.07. The van der Waals surface area contributed by atoms with E-state index in [0.717, 1.165) is 21.1 Å². The average molecular weight is 420 g/mol. The number of benzene rings is 2. The van der Waals surface area contributed by atoms with E-state index in [1.807, 2.05) is 35.9 Å². The van der Waals surface area contributed by atoms with Gasteiger partial charge in [-0.2, -0.15) is 0 Å². The number of para-hydroxylation sites is 1. The summed E-state index contributed by atoms with van der Waals surface area (Å²) in [6.45, 7) is 0. The van der Waals surface area contributed by atoms with Crippen LogP contribution < -0.4 is 10.3 Å². The number of carbonyl (C=O) groups is 1. The van der Waals surface area contributed by atoms with Crippen LogP contribution >= 0.6 is 22.9 Å². The van der Waals surface area contributed by atoms with Crippen molar-refractivity contribution in [1.82, 2.24) is 14.8 Å². The Morgan fingerprint density at radius 3 is 2.52 bits per heavy atom. The van der Waals surface area contributed by atoms with Crippen molar-refractivity contribution in [3.05, 3.63) is 64.5 Å². The highest BCUT2D eigenvalue weighted by atomic mass is 35.5. The van der Waals surface area contributed by atoms with Gasteiger partial charge in [0.05, 0.1) is 9.77 Å². The van der Waals surface area contributed by atoms with E-state index < -0.39 is 15.9 Å². The van der Waals surface area contributed by atoms with E-state index in [1.165, 1.54) is 35.6 Å².